The lowest BCUT2D eigenvalue weighted by Gasteiger charge is -2.35. The fourth-order valence-electron chi connectivity index (χ4n) is 2.62. The van der Waals surface area contributed by atoms with E-state index in [1.165, 1.54) is 18.3 Å². The van der Waals surface area contributed by atoms with Crippen molar-refractivity contribution in [2.24, 2.45) is 0 Å². The molecule has 0 radical (unpaired) electrons. The lowest BCUT2D eigenvalue weighted by Crippen LogP contribution is -2.49. The van der Waals surface area contributed by atoms with Crippen LogP contribution >= 0.6 is 0 Å². The molecule has 1 aliphatic rings. The number of piperazine rings is 1. The predicted octanol–water partition coefficient (Wildman–Crippen LogP) is 1.66. The largest absolute Gasteiger partial charge is 0.368 e. The molecule has 0 N–H and O–H groups in total. The molecule has 0 atom stereocenters. The molecule has 0 aliphatic carbocycles. The van der Waals surface area contributed by atoms with E-state index in [9.17, 15) is 14.9 Å². The Morgan fingerprint density at radius 2 is 1.75 bits per heavy atom. The van der Waals surface area contributed by atoms with Gasteiger partial charge in [-0.15, -0.1) is 0 Å². The first-order valence-corrected chi connectivity index (χ1v) is 7.62. The summed E-state index contributed by atoms with van der Waals surface area (Å²) in [7, 11) is 0. The van der Waals surface area contributed by atoms with Crippen molar-refractivity contribution in [3.8, 4) is 0 Å². The molecule has 1 saturated heterocycles. The maximum absolute atomic E-state index is 12.4. The van der Waals surface area contributed by atoms with Gasteiger partial charge in [-0.05, 0) is 19.1 Å². The fourth-order valence-corrected chi connectivity index (χ4v) is 2.62. The number of nitro benzene ring substituents is 1. The van der Waals surface area contributed by atoms with Crippen molar-refractivity contribution in [1.29, 1.82) is 0 Å². The van der Waals surface area contributed by atoms with Crippen molar-refractivity contribution in [3.05, 3.63) is 58.2 Å². The van der Waals surface area contributed by atoms with Crippen LogP contribution in [-0.4, -0.2) is 51.9 Å². The molecule has 0 bridgehead atoms. The highest BCUT2D eigenvalue weighted by molar-refractivity contribution is 5.92. The molecule has 2 aromatic rings. The second-order valence-electron chi connectivity index (χ2n) is 5.60. The molecule has 1 amide bonds. The number of hydrogen-bond donors (Lipinski definition) is 0. The van der Waals surface area contributed by atoms with E-state index in [0.29, 0.717) is 31.9 Å². The van der Waals surface area contributed by atoms with E-state index in [0.717, 1.165) is 11.4 Å². The van der Waals surface area contributed by atoms with E-state index in [1.807, 2.05) is 6.92 Å². The fraction of sp³-hybridized carbons (Fsp3) is 0.312. The second kappa shape index (κ2) is 6.61. The summed E-state index contributed by atoms with van der Waals surface area (Å²) < 4.78 is 0. The van der Waals surface area contributed by atoms with E-state index in [4.69, 9.17) is 0 Å². The maximum Gasteiger partial charge on any atom is 0.274 e. The summed E-state index contributed by atoms with van der Waals surface area (Å²) in [5, 5.41) is 10.7. The smallest absolute Gasteiger partial charge is 0.274 e. The highest BCUT2D eigenvalue weighted by Crippen LogP contribution is 2.21. The van der Waals surface area contributed by atoms with Gasteiger partial charge < -0.3 is 9.80 Å². The average molecular weight is 327 g/mol. The van der Waals surface area contributed by atoms with Crippen molar-refractivity contribution in [3.63, 3.8) is 0 Å². The summed E-state index contributed by atoms with van der Waals surface area (Å²) in [6, 6.07) is 6.46. The van der Waals surface area contributed by atoms with E-state index in [1.54, 1.807) is 23.2 Å². The molecule has 1 aromatic carbocycles. The van der Waals surface area contributed by atoms with E-state index in [2.05, 4.69) is 14.9 Å². The Morgan fingerprint density at radius 1 is 1.08 bits per heavy atom. The van der Waals surface area contributed by atoms with Crippen LogP contribution in [0.5, 0.6) is 0 Å². The van der Waals surface area contributed by atoms with Gasteiger partial charge in [-0.2, -0.15) is 0 Å². The zero-order chi connectivity index (χ0) is 17.1. The number of nitrogens with zero attached hydrogens (tertiary/aromatic N) is 5. The summed E-state index contributed by atoms with van der Waals surface area (Å²) in [4.78, 5) is 34.8. The normalized spacial score (nSPS) is 14.5. The Hall–Kier alpha value is -3.03. The molecule has 1 aromatic heterocycles. The molecule has 0 saturated carbocycles. The quantitative estimate of drug-likeness (QED) is 0.629. The zero-order valence-electron chi connectivity index (χ0n) is 13.3. The summed E-state index contributed by atoms with van der Waals surface area (Å²) in [6.45, 7) is 4.31. The van der Waals surface area contributed by atoms with Crippen LogP contribution in [-0.2, 0) is 0 Å². The Bertz CT molecular complexity index is 737. The van der Waals surface area contributed by atoms with Gasteiger partial charge in [-0.3, -0.25) is 19.9 Å². The van der Waals surface area contributed by atoms with Crippen molar-refractivity contribution >= 4 is 17.3 Å². The molecule has 3 rings (SSSR count). The molecule has 1 aliphatic heterocycles. The van der Waals surface area contributed by atoms with Crippen LogP contribution in [0.25, 0.3) is 0 Å². The maximum atomic E-state index is 12.4. The Labute approximate surface area is 138 Å². The van der Waals surface area contributed by atoms with Crippen LogP contribution in [0.2, 0.25) is 0 Å². The third kappa shape index (κ3) is 3.32. The Morgan fingerprint density at radius 3 is 2.29 bits per heavy atom. The van der Waals surface area contributed by atoms with Crippen LogP contribution in [0.4, 0.5) is 11.4 Å². The molecule has 8 nitrogen and oxygen atoms in total. The van der Waals surface area contributed by atoms with E-state index < -0.39 is 4.92 Å². The number of aromatic nitrogens is 2. The summed E-state index contributed by atoms with van der Waals surface area (Å²) in [5.41, 5.74) is 2.12. The molecule has 24 heavy (non-hydrogen) atoms. The lowest BCUT2D eigenvalue weighted by molar-refractivity contribution is -0.384. The van der Waals surface area contributed by atoms with Gasteiger partial charge in [0.1, 0.15) is 5.69 Å². The van der Waals surface area contributed by atoms with Crippen molar-refractivity contribution in [2.45, 2.75) is 6.92 Å². The first-order valence-electron chi connectivity index (χ1n) is 7.62. The number of amides is 1. The third-order valence-corrected chi connectivity index (χ3v) is 3.99. The second-order valence-corrected chi connectivity index (χ2v) is 5.60. The zero-order valence-corrected chi connectivity index (χ0v) is 13.3. The van der Waals surface area contributed by atoms with Crippen LogP contribution < -0.4 is 4.90 Å². The van der Waals surface area contributed by atoms with Gasteiger partial charge in [0.2, 0.25) is 0 Å². The number of aryl methyl sites for hydroxylation is 1. The van der Waals surface area contributed by atoms with Gasteiger partial charge >= 0.3 is 0 Å². The summed E-state index contributed by atoms with van der Waals surface area (Å²) in [6.07, 6.45) is 3.08. The molecule has 124 valence electrons. The minimum Gasteiger partial charge on any atom is -0.368 e. The number of carbonyl (C=O) groups is 1. The molecule has 2 heterocycles. The van der Waals surface area contributed by atoms with Gasteiger partial charge in [0.15, 0.2) is 0 Å². The minimum absolute atomic E-state index is 0.0745. The lowest BCUT2D eigenvalue weighted by atomic mass is 10.2. The third-order valence-electron chi connectivity index (χ3n) is 3.99. The SMILES string of the molecule is Cc1cnc(C(=O)N2CCN(c3ccc([N+](=O)[O-])cc3)CC2)cn1. The van der Waals surface area contributed by atoms with Crippen molar-refractivity contribution in [1.82, 2.24) is 14.9 Å². The van der Waals surface area contributed by atoms with Gasteiger partial charge in [0.05, 0.1) is 16.8 Å². The molecule has 0 spiro atoms. The number of carbonyl (C=O) groups excluding carboxylic acids is 1. The molecule has 0 unspecified atom stereocenters. The van der Waals surface area contributed by atoms with E-state index >= 15 is 0 Å². The van der Waals surface area contributed by atoms with Crippen LogP contribution in [0, 0.1) is 17.0 Å². The Balaban J connectivity index is 1.62. The number of benzene rings is 1. The van der Waals surface area contributed by atoms with Crippen LogP contribution in [0.15, 0.2) is 36.7 Å². The monoisotopic (exact) mass is 327 g/mol. The molecular formula is C16H17N5O3. The molecule has 8 heteroatoms. The van der Waals surface area contributed by atoms with Crippen LogP contribution in [0.3, 0.4) is 0 Å². The van der Waals surface area contributed by atoms with Crippen molar-refractivity contribution < 1.29 is 9.72 Å². The highest BCUT2D eigenvalue weighted by atomic mass is 16.6. The summed E-state index contributed by atoms with van der Waals surface area (Å²) in [5.74, 6) is -0.120. The number of non-ortho nitro benzene ring substituents is 1. The summed E-state index contributed by atoms with van der Waals surface area (Å²) >= 11 is 0. The number of rotatable bonds is 3. The first-order chi connectivity index (χ1) is 11.5. The molecular weight excluding hydrogens is 310 g/mol. The minimum atomic E-state index is -0.414. The van der Waals surface area contributed by atoms with Gasteiger partial charge in [-0.25, -0.2) is 4.98 Å². The van der Waals surface area contributed by atoms with Gasteiger partial charge in [0, 0.05) is 50.2 Å². The van der Waals surface area contributed by atoms with Crippen molar-refractivity contribution in [2.75, 3.05) is 31.1 Å². The average Bonchev–Trinajstić information content (AvgIpc) is 2.62. The topological polar surface area (TPSA) is 92.5 Å². The standard InChI is InChI=1S/C16H17N5O3/c1-12-10-18-15(11-17-12)16(22)20-8-6-19(7-9-20)13-2-4-14(5-3-13)21(23)24/h2-5,10-11H,6-9H2,1H3. The highest BCUT2D eigenvalue weighted by Gasteiger charge is 2.23. The number of anilines is 1. The Kier molecular flexibility index (Phi) is 4.37. The molecule has 1 fully saturated rings. The first kappa shape index (κ1) is 15.9. The van der Waals surface area contributed by atoms with E-state index in [-0.39, 0.29) is 11.6 Å². The number of nitro groups is 1. The number of hydrogen-bond acceptors (Lipinski definition) is 6. The van der Waals surface area contributed by atoms with Gasteiger partial charge in [0.25, 0.3) is 11.6 Å². The predicted molar refractivity (Wildman–Crippen MR) is 88.0 cm³/mol. The van der Waals surface area contributed by atoms with Gasteiger partial charge in [-0.1, -0.05) is 0 Å². The van der Waals surface area contributed by atoms with Crippen LogP contribution in [0.1, 0.15) is 16.2 Å².